The van der Waals surface area contributed by atoms with E-state index in [9.17, 15) is 14.4 Å². The van der Waals surface area contributed by atoms with E-state index in [1.54, 1.807) is 29.2 Å². The fourth-order valence-electron chi connectivity index (χ4n) is 5.03. The van der Waals surface area contributed by atoms with Crippen LogP contribution in [0.1, 0.15) is 43.7 Å². The number of anilines is 1. The standard InChI is InChI=1S/C28H28ClNO5/c1-16-7-6-8-19(13-16)30-20-14-28(2,3)15-21(31)23(20)22(17-9-11-18(29)12-10-17)24(26(32)34-4)25(30)27(33)35-5/h6-13,22H,14-15H2,1-5H3. The van der Waals surface area contributed by atoms with E-state index in [0.29, 0.717) is 40.4 Å². The first kappa shape index (κ1) is 24.7. The molecule has 0 bridgehead atoms. The minimum Gasteiger partial charge on any atom is -0.466 e. The smallest absolute Gasteiger partial charge is 0.355 e. The zero-order chi connectivity index (χ0) is 25.5. The van der Waals surface area contributed by atoms with Crippen molar-refractivity contribution in [1.29, 1.82) is 0 Å². The average Bonchev–Trinajstić information content (AvgIpc) is 2.81. The summed E-state index contributed by atoms with van der Waals surface area (Å²) in [5, 5.41) is 0.521. The Morgan fingerprint density at radius 2 is 1.66 bits per heavy atom. The highest BCUT2D eigenvalue weighted by Gasteiger charge is 2.48. The first-order chi connectivity index (χ1) is 16.6. The highest BCUT2D eigenvalue weighted by atomic mass is 35.5. The third-order valence-electron chi connectivity index (χ3n) is 6.47. The van der Waals surface area contributed by atoms with Crippen molar-refractivity contribution in [2.24, 2.45) is 5.41 Å². The van der Waals surface area contributed by atoms with Gasteiger partial charge in [0.2, 0.25) is 0 Å². The second-order valence-electron chi connectivity index (χ2n) is 9.71. The number of halogens is 1. The molecule has 35 heavy (non-hydrogen) atoms. The van der Waals surface area contributed by atoms with Gasteiger partial charge in [-0.2, -0.15) is 0 Å². The van der Waals surface area contributed by atoms with Gasteiger partial charge in [-0.25, -0.2) is 9.59 Å². The summed E-state index contributed by atoms with van der Waals surface area (Å²) < 4.78 is 10.3. The van der Waals surface area contributed by atoms with Crippen LogP contribution in [0.25, 0.3) is 0 Å². The summed E-state index contributed by atoms with van der Waals surface area (Å²) >= 11 is 6.13. The highest BCUT2D eigenvalue weighted by Crippen LogP contribution is 2.51. The van der Waals surface area contributed by atoms with Crippen LogP contribution in [0.5, 0.6) is 0 Å². The number of nitrogens with zero attached hydrogens (tertiary/aromatic N) is 1. The molecule has 1 unspecified atom stereocenters. The van der Waals surface area contributed by atoms with Gasteiger partial charge in [0.1, 0.15) is 5.70 Å². The van der Waals surface area contributed by atoms with Gasteiger partial charge < -0.3 is 14.4 Å². The average molecular weight is 494 g/mol. The van der Waals surface area contributed by atoms with Crippen LogP contribution >= 0.6 is 11.6 Å². The van der Waals surface area contributed by atoms with E-state index in [2.05, 4.69) is 0 Å². The number of aryl methyl sites for hydroxylation is 1. The molecule has 182 valence electrons. The Morgan fingerprint density at radius 1 is 1.00 bits per heavy atom. The molecule has 1 aliphatic heterocycles. The maximum absolute atomic E-state index is 13.7. The molecule has 4 rings (SSSR count). The van der Waals surface area contributed by atoms with Crippen molar-refractivity contribution in [3.63, 3.8) is 0 Å². The number of allylic oxidation sites excluding steroid dienone is 2. The Hall–Kier alpha value is -3.38. The van der Waals surface area contributed by atoms with Crippen molar-refractivity contribution in [3.05, 3.63) is 87.2 Å². The lowest BCUT2D eigenvalue weighted by Gasteiger charge is -2.44. The number of ketones is 1. The van der Waals surface area contributed by atoms with Crippen LogP contribution in [0.15, 0.2) is 71.1 Å². The van der Waals surface area contributed by atoms with Crippen LogP contribution in [0.3, 0.4) is 0 Å². The quantitative estimate of drug-likeness (QED) is 0.524. The number of esters is 2. The van der Waals surface area contributed by atoms with Gasteiger partial charge in [0.25, 0.3) is 0 Å². The van der Waals surface area contributed by atoms with E-state index < -0.39 is 17.9 Å². The summed E-state index contributed by atoms with van der Waals surface area (Å²) in [7, 11) is 2.53. The summed E-state index contributed by atoms with van der Waals surface area (Å²) in [6.07, 6.45) is 0.848. The van der Waals surface area contributed by atoms with Gasteiger partial charge in [-0.1, -0.05) is 49.7 Å². The molecule has 0 amide bonds. The van der Waals surface area contributed by atoms with Crippen molar-refractivity contribution in [3.8, 4) is 0 Å². The Morgan fingerprint density at radius 3 is 2.26 bits per heavy atom. The van der Waals surface area contributed by atoms with E-state index in [1.807, 2.05) is 45.0 Å². The second-order valence-corrected chi connectivity index (χ2v) is 10.1. The molecule has 0 N–H and O–H groups in total. The van der Waals surface area contributed by atoms with Gasteiger partial charge in [-0.3, -0.25) is 4.79 Å². The molecule has 0 saturated heterocycles. The maximum Gasteiger partial charge on any atom is 0.355 e. The normalized spacial score (nSPS) is 19.4. The lowest BCUT2D eigenvalue weighted by molar-refractivity contribution is -0.139. The number of carbonyl (C=O) groups excluding carboxylic acids is 3. The van der Waals surface area contributed by atoms with Crippen LogP contribution in [0.4, 0.5) is 5.69 Å². The molecule has 0 radical (unpaired) electrons. The van der Waals surface area contributed by atoms with Crippen molar-refractivity contribution >= 4 is 35.0 Å². The number of methoxy groups -OCH3 is 2. The molecule has 6 nitrogen and oxygen atoms in total. The SMILES string of the molecule is COC(=O)C1=C(C(=O)OC)N(c2cccc(C)c2)C2=C(C(=O)CC(C)(C)C2)C1c1ccc(Cl)cc1. The molecule has 0 spiro atoms. The van der Waals surface area contributed by atoms with E-state index in [0.717, 1.165) is 5.56 Å². The summed E-state index contributed by atoms with van der Waals surface area (Å²) in [5.74, 6) is -2.26. The molecule has 0 fully saturated rings. The van der Waals surface area contributed by atoms with Crippen molar-refractivity contribution < 1.29 is 23.9 Å². The minimum atomic E-state index is -0.798. The van der Waals surface area contributed by atoms with Crippen LogP contribution in [-0.2, 0) is 23.9 Å². The molecule has 1 atom stereocenters. The molecule has 0 aromatic heterocycles. The third kappa shape index (κ3) is 4.50. The third-order valence-corrected chi connectivity index (χ3v) is 6.72. The first-order valence-corrected chi connectivity index (χ1v) is 11.7. The van der Waals surface area contributed by atoms with E-state index in [1.165, 1.54) is 14.2 Å². The predicted molar refractivity (Wildman–Crippen MR) is 134 cm³/mol. The Bertz CT molecular complexity index is 1270. The number of Topliss-reactive ketones (excluding diaryl/α,β-unsaturated/α-hetero) is 1. The molecule has 1 heterocycles. The van der Waals surface area contributed by atoms with Crippen LogP contribution in [-0.4, -0.2) is 31.9 Å². The molecule has 2 aromatic rings. The van der Waals surface area contributed by atoms with Crippen molar-refractivity contribution in [2.75, 3.05) is 19.1 Å². The Balaban J connectivity index is 2.13. The first-order valence-electron chi connectivity index (χ1n) is 11.4. The lowest BCUT2D eigenvalue weighted by atomic mass is 9.68. The summed E-state index contributed by atoms with van der Waals surface area (Å²) in [4.78, 5) is 42.1. The number of hydrogen-bond donors (Lipinski definition) is 0. The predicted octanol–water partition coefficient (Wildman–Crippen LogP) is 5.50. The van der Waals surface area contributed by atoms with Crippen LogP contribution in [0.2, 0.25) is 5.02 Å². The molecule has 0 saturated carbocycles. The fourth-order valence-corrected chi connectivity index (χ4v) is 5.15. The number of rotatable bonds is 4. The van der Waals surface area contributed by atoms with Crippen molar-refractivity contribution in [1.82, 2.24) is 0 Å². The monoisotopic (exact) mass is 493 g/mol. The Labute approximate surface area is 210 Å². The topological polar surface area (TPSA) is 72.9 Å². The van der Waals surface area contributed by atoms with Crippen LogP contribution in [0, 0.1) is 12.3 Å². The van der Waals surface area contributed by atoms with Crippen LogP contribution < -0.4 is 4.90 Å². The molecule has 2 aliphatic rings. The molecule has 2 aromatic carbocycles. The van der Waals surface area contributed by atoms with Gasteiger partial charge in [-0.05, 0) is 54.2 Å². The fraction of sp³-hybridized carbons (Fsp3) is 0.321. The Kier molecular flexibility index (Phi) is 6.60. The maximum atomic E-state index is 13.7. The molecule has 7 heteroatoms. The number of ether oxygens (including phenoxy) is 2. The van der Waals surface area contributed by atoms with E-state index in [4.69, 9.17) is 21.1 Å². The van der Waals surface area contributed by atoms with Gasteiger partial charge >= 0.3 is 11.9 Å². The summed E-state index contributed by atoms with van der Waals surface area (Å²) in [6, 6.07) is 14.5. The molecule has 1 aliphatic carbocycles. The number of hydrogen-bond acceptors (Lipinski definition) is 6. The summed E-state index contributed by atoms with van der Waals surface area (Å²) in [6.45, 7) is 5.99. The number of benzene rings is 2. The molecular weight excluding hydrogens is 466 g/mol. The van der Waals surface area contributed by atoms with Gasteiger partial charge in [-0.15, -0.1) is 0 Å². The highest BCUT2D eigenvalue weighted by molar-refractivity contribution is 6.30. The summed E-state index contributed by atoms with van der Waals surface area (Å²) in [5.41, 5.74) is 3.25. The zero-order valence-corrected chi connectivity index (χ0v) is 21.2. The second kappa shape index (κ2) is 9.34. The van der Waals surface area contributed by atoms with Gasteiger partial charge in [0.15, 0.2) is 5.78 Å². The lowest BCUT2D eigenvalue weighted by Crippen LogP contribution is -2.43. The minimum absolute atomic E-state index is 0.0501. The zero-order valence-electron chi connectivity index (χ0n) is 20.5. The van der Waals surface area contributed by atoms with Gasteiger partial charge in [0.05, 0.1) is 19.8 Å². The van der Waals surface area contributed by atoms with E-state index >= 15 is 0 Å². The number of carbonyl (C=O) groups is 3. The van der Waals surface area contributed by atoms with Crippen molar-refractivity contribution in [2.45, 2.75) is 39.5 Å². The van der Waals surface area contributed by atoms with Gasteiger partial charge in [0, 0.05) is 34.3 Å². The van der Waals surface area contributed by atoms with E-state index in [-0.39, 0.29) is 22.5 Å². The molecular formula is C28H28ClNO5. The largest absolute Gasteiger partial charge is 0.466 e.